The zero-order chi connectivity index (χ0) is 5.98. The quantitative estimate of drug-likeness (QED) is 0.562. The van der Waals surface area contributed by atoms with Crippen LogP contribution < -0.4 is 0 Å². The zero-order valence-electron chi connectivity index (χ0n) is 4.79. The van der Waals surface area contributed by atoms with Gasteiger partial charge in [0.2, 0.25) is 0 Å². The van der Waals surface area contributed by atoms with Gasteiger partial charge in [0.15, 0.2) is 0 Å². The van der Waals surface area contributed by atoms with Gasteiger partial charge in [0, 0.05) is 5.75 Å². The van der Waals surface area contributed by atoms with Crippen molar-refractivity contribution in [3.63, 3.8) is 0 Å². The smallest absolute Gasteiger partial charge is 0.0833 e. The highest BCUT2D eigenvalue weighted by molar-refractivity contribution is 8.14. The van der Waals surface area contributed by atoms with Crippen LogP contribution in [-0.4, -0.2) is 28.6 Å². The van der Waals surface area contributed by atoms with Gasteiger partial charge in [-0.15, -0.1) is 11.8 Å². The first-order valence-electron chi connectivity index (χ1n) is 2.61. The lowest BCUT2D eigenvalue weighted by atomic mass is 10.4. The molecule has 0 saturated carbocycles. The van der Waals surface area contributed by atoms with Crippen LogP contribution in [-0.2, 0) is 0 Å². The lowest BCUT2D eigenvalue weighted by molar-refractivity contribution is 0.277. The van der Waals surface area contributed by atoms with Crippen LogP contribution in [0.2, 0.25) is 0 Å². The normalized spacial score (nSPS) is 28.2. The third-order valence-electron chi connectivity index (χ3n) is 1.06. The van der Waals surface area contributed by atoms with Crippen LogP contribution in [0.3, 0.4) is 0 Å². The van der Waals surface area contributed by atoms with Crippen molar-refractivity contribution in [3.05, 3.63) is 0 Å². The summed E-state index contributed by atoms with van der Waals surface area (Å²) in [6.07, 6.45) is 0. The molecular weight excluding hydrogens is 122 g/mol. The summed E-state index contributed by atoms with van der Waals surface area (Å²) in [5.41, 5.74) is 0. The number of aliphatic imine (C=N–C) groups is 1. The van der Waals surface area contributed by atoms with Crippen LogP contribution in [0, 0.1) is 0 Å². The fraction of sp³-hybridized carbons (Fsp3) is 0.800. The highest BCUT2D eigenvalue weighted by Gasteiger charge is 2.12. The van der Waals surface area contributed by atoms with Crippen molar-refractivity contribution < 1.29 is 5.11 Å². The Labute approximate surface area is 53.0 Å². The molecule has 2 nitrogen and oxygen atoms in total. The van der Waals surface area contributed by atoms with Crippen LogP contribution in [0.1, 0.15) is 6.92 Å². The summed E-state index contributed by atoms with van der Waals surface area (Å²) < 4.78 is 0. The van der Waals surface area contributed by atoms with Crippen molar-refractivity contribution in [1.82, 2.24) is 0 Å². The first-order valence-corrected chi connectivity index (χ1v) is 3.59. The van der Waals surface area contributed by atoms with Crippen LogP contribution in [0.25, 0.3) is 0 Å². The Hall–Kier alpha value is -0.0200. The molecule has 1 aliphatic rings. The lowest BCUT2D eigenvalue weighted by Crippen LogP contribution is -2.08. The molecule has 0 aromatic heterocycles. The maximum atomic E-state index is 8.56. The van der Waals surface area contributed by atoms with Gasteiger partial charge < -0.3 is 5.11 Å². The predicted molar refractivity (Wildman–Crippen MR) is 36.4 cm³/mol. The van der Waals surface area contributed by atoms with Crippen molar-refractivity contribution >= 4 is 16.8 Å². The summed E-state index contributed by atoms with van der Waals surface area (Å²) in [6, 6.07) is 0.181. The van der Waals surface area contributed by atoms with Crippen molar-refractivity contribution in [1.29, 1.82) is 0 Å². The van der Waals surface area contributed by atoms with E-state index in [9.17, 15) is 0 Å². The summed E-state index contributed by atoms with van der Waals surface area (Å²) in [7, 11) is 0. The van der Waals surface area contributed by atoms with Gasteiger partial charge in [0.25, 0.3) is 0 Å². The van der Waals surface area contributed by atoms with Gasteiger partial charge in [-0.25, -0.2) is 0 Å². The van der Waals surface area contributed by atoms with Crippen LogP contribution >= 0.6 is 11.8 Å². The van der Waals surface area contributed by atoms with Crippen molar-refractivity contribution in [3.8, 4) is 0 Å². The molecule has 1 rings (SSSR count). The second-order valence-electron chi connectivity index (χ2n) is 1.80. The molecule has 1 aliphatic heterocycles. The van der Waals surface area contributed by atoms with E-state index in [2.05, 4.69) is 4.99 Å². The fourth-order valence-corrected chi connectivity index (χ4v) is 1.48. The first-order chi connectivity index (χ1) is 3.83. The van der Waals surface area contributed by atoms with Crippen LogP contribution in [0.5, 0.6) is 0 Å². The van der Waals surface area contributed by atoms with E-state index in [1.54, 1.807) is 11.8 Å². The van der Waals surface area contributed by atoms with E-state index in [-0.39, 0.29) is 12.6 Å². The first kappa shape index (κ1) is 6.11. The van der Waals surface area contributed by atoms with Gasteiger partial charge in [0.05, 0.1) is 17.7 Å². The van der Waals surface area contributed by atoms with Gasteiger partial charge in [-0.3, -0.25) is 4.99 Å². The Kier molecular flexibility index (Phi) is 1.91. The molecule has 1 unspecified atom stereocenters. The summed E-state index contributed by atoms with van der Waals surface area (Å²) in [5.74, 6) is 0.961. The minimum Gasteiger partial charge on any atom is -0.394 e. The number of aliphatic hydroxyl groups excluding tert-OH is 1. The largest absolute Gasteiger partial charge is 0.394 e. The van der Waals surface area contributed by atoms with E-state index in [4.69, 9.17) is 5.11 Å². The fourth-order valence-electron chi connectivity index (χ4n) is 0.642. The lowest BCUT2D eigenvalue weighted by Gasteiger charge is -1.95. The van der Waals surface area contributed by atoms with Crippen molar-refractivity contribution in [2.75, 3.05) is 12.4 Å². The standard InChI is InChI=1S/C5H9NOS/c1-4-6-5(2-7)3-8-4/h5,7H,2-3H2,1H3. The molecule has 0 amide bonds. The second kappa shape index (κ2) is 2.51. The summed E-state index contributed by atoms with van der Waals surface area (Å²) >= 11 is 1.72. The van der Waals surface area contributed by atoms with E-state index < -0.39 is 0 Å². The molecular formula is C5H9NOS. The molecule has 1 atom stereocenters. The third kappa shape index (κ3) is 1.23. The molecule has 8 heavy (non-hydrogen) atoms. The molecule has 0 spiro atoms. The van der Waals surface area contributed by atoms with E-state index >= 15 is 0 Å². The number of rotatable bonds is 1. The topological polar surface area (TPSA) is 32.6 Å². The maximum Gasteiger partial charge on any atom is 0.0833 e. The minimum atomic E-state index is 0.181. The molecule has 0 aromatic carbocycles. The van der Waals surface area contributed by atoms with E-state index in [0.717, 1.165) is 10.8 Å². The number of nitrogens with zero attached hydrogens (tertiary/aromatic N) is 1. The van der Waals surface area contributed by atoms with E-state index in [0.29, 0.717) is 0 Å². The monoisotopic (exact) mass is 131 g/mol. The molecule has 3 heteroatoms. The molecule has 1 heterocycles. The van der Waals surface area contributed by atoms with Gasteiger partial charge in [-0.1, -0.05) is 0 Å². The zero-order valence-corrected chi connectivity index (χ0v) is 5.61. The van der Waals surface area contributed by atoms with Gasteiger partial charge >= 0.3 is 0 Å². The molecule has 46 valence electrons. The van der Waals surface area contributed by atoms with Gasteiger partial charge in [-0.2, -0.15) is 0 Å². The molecule has 1 N–H and O–H groups in total. The van der Waals surface area contributed by atoms with E-state index in [1.807, 2.05) is 6.92 Å². The summed E-state index contributed by atoms with van der Waals surface area (Å²) in [4.78, 5) is 4.14. The number of aliphatic hydroxyl groups is 1. The van der Waals surface area contributed by atoms with E-state index in [1.165, 1.54) is 0 Å². The highest BCUT2D eigenvalue weighted by Crippen LogP contribution is 2.16. The Bertz CT molecular complexity index is 113. The molecule has 0 saturated heterocycles. The molecule has 0 fully saturated rings. The van der Waals surface area contributed by atoms with Gasteiger partial charge in [0.1, 0.15) is 0 Å². The number of hydrogen-bond acceptors (Lipinski definition) is 3. The average molecular weight is 131 g/mol. The Morgan fingerprint density at radius 1 is 2.00 bits per heavy atom. The van der Waals surface area contributed by atoms with Crippen molar-refractivity contribution in [2.24, 2.45) is 4.99 Å². The SMILES string of the molecule is CC1=NC(CO)CS1. The maximum absolute atomic E-state index is 8.56. The van der Waals surface area contributed by atoms with Gasteiger partial charge in [-0.05, 0) is 6.92 Å². The molecule has 0 bridgehead atoms. The molecule has 0 aromatic rings. The second-order valence-corrected chi connectivity index (χ2v) is 3.01. The summed E-state index contributed by atoms with van der Waals surface area (Å²) in [5, 5.41) is 9.66. The highest BCUT2D eigenvalue weighted by atomic mass is 32.2. The Morgan fingerprint density at radius 2 is 2.75 bits per heavy atom. The summed E-state index contributed by atoms with van der Waals surface area (Å²) in [6.45, 7) is 2.17. The Morgan fingerprint density at radius 3 is 3.00 bits per heavy atom. The van der Waals surface area contributed by atoms with Crippen LogP contribution in [0.4, 0.5) is 0 Å². The predicted octanol–water partition coefficient (Wildman–Crippen LogP) is 0.512. The van der Waals surface area contributed by atoms with Crippen molar-refractivity contribution in [2.45, 2.75) is 13.0 Å². The Balaban J connectivity index is 2.41. The molecule has 0 aliphatic carbocycles. The number of hydrogen-bond donors (Lipinski definition) is 1. The molecule has 0 radical (unpaired) electrons. The minimum absolute atomic E-state index is 0.181. The number of thioether (sulfide) groups is 1. The van der Waals surface area contributed by atoms with Crippen LogP contribution in [0.15, 0.2) is 4.99 Å². The third-order valence-corrected chi connectivity index (χ3v) is 2.13. The average Bonchev–Trinajstić information content (AvgIpc) is 2.14.